The highest BCUT2D eigenvalue weighted by Crippen LogP contribution is 2.26. The molecular weight excluding hydrogens is 356 g/mol. The van der Waals surface area contributed by atoms with E-state index in [-0.39, 0.29) is 21.8 Å². The van der Waals surface area contributed by atoms with Crippen LogP contribution in [-0.2, 0) is 10.0 Å². The largest absolute Gasteiger partial charge is 0.352 e. The number of sulfonamides is 1. The maximum Gasteiger partial charge on any atom is 0.251 e. The topological polar surface area (TPSA) is 89.3 Å². The molecule has 21 heavy (non-hydrogen) atoms. The Kier molecular flexibility index (Phi) is 5.57. The first kappa shape index (κ1) is 18.1. The van der Waals surface area contributed by atoms with Crippen LogP contribution in [0.5, 0.6) is 0 Å². The van der Waals surface area contributed by atoms with Crippen molar-refractivity contribution in [3.8, 4) is 0 Å². The van der Waals surface area contributed by atoms with E-state index in [2.05, 4.69) is 42.0 Å². The van der Waals surface area contributed by atoms with Crippen molar-refractivity contribution in [2.45, 2.75) is 39.0 Å². The number of aryl methyl sites for hydroxylation is 1. The van der Waals surface area contributed by atoms with Crippen LogP contribution in [0.2, 0.25) is 0 Å². The minimum absolute atomic E-state index is 0.0111. The van der Waals surface area contributed by atoms with Gasteiger partial charge in [0.05, 0.1) is 4.90 Å². The molecule has 0 saturated heterocycles. The van der Waals surface area contributed by atoms with Crippen LogP contribution in [0.25, 0.3) is 0 Å². The minimum atomic E-state index is -3.89. The summed E-state index contributed by atoms with van der Waals surface area (Å²) in [5.41, 5.74) is 0.913. The molecule has 1 amide bonds. The Bertz CT molecular complexity index is 654. The van der Waals surface area contributed by atoms with Gasteiger partial charge in [0.15, 0.2) is 0 Å². The van der Waals surface area contributed by atoms with Crippen LogP contribution < -0.4 is 10.5 Å². The van der Waals surface area contributed by atoms with Crippen LogP contribution >= 0.6 is 15.9 Å². The van der Waals surface area contributed by atoms with Gasteiger partial charge in [-0.15, -0.1) is 0 Å². The fourth-order valence-electron chi connectivity index (χ4n) is 1.62. The number of rotatable bonds is 5. The van der Waals surface area contributed by atoms with Gasteiger partial charge in [-0.1, -0.05) is 20.8 Å². The number of halogens is 1. The van der Waals surface area contributed by atoms with E-state index in [1.165, 1.54) is 6.07 Å². The zero-order valence-electron chi connectivity index (χ0n) is 12.7. The van der Waals surface area contributed by atoms with Gasteiger partial charge in [-0.3, -0.25) is 4.79 Å². The molecule has 1 rings (SSSR count). The highest BCUT2D eigenvalue weighted by molar-refractivity contribution is 9.10. The Morgan fingerprint density at radius 3 is 2.43 bits per heavy atom. The Hall–Kier alpha value is -0.920. The second kappa shape index (κ2) is 6.46. The first-order valence-electron chi connectivity index (χ1n) is 6.59. The normalized spacial score (nSPS) is 12.3. The molecule has 0 aliphatic carbocycles. The van der Waals surface area contributed by atoms with Gasteiger partial charge >= 0.3 is 0 Å². The quantitative estimate of drug-likeness (QED) is 0.827. The summed E-state index contributed by atoms with van der Waals surface area (Å²) in [4.78, 5) is 12.1. The average molecular weight is 377 g/mol. The Morgan fingerprint density at radius 2 is 1.95 bits per heavy atom. The maximum absolute atomic E-state index is 12.2. The lowest BCUT2D eigenvalue weighted by atomic mass is 9.90. The second-order valence-electron chi connectivity index (χ2n) is 5.85. The molecule has 0 unspecified atom stereocenters. The summed E-state index contributed by atoms with van der Waals surface area (Å²) in [5, 5.41) is 8.00. The van der Waals surface area contributed by atoms with Gasteiger partial charge in [0, 0.05) is 16.6 Å². The number of nitrogens with two attached hydrogens (primary N) is 1. The SMILES string of the molecule is CCC(C)(C)CNC(=O)c1cc(C)c(Br)c(S(N)(=O)=O)c1. The van der Waals surface area contributed by atoms with E-state index in [4.69, 9.17) is 5.14 Å². The summed E-state index contributed by atoms with van der Waals surface area (Å²) in [6.07, 6.45) is 0.926. The highest BCUT2D eigenvalue weighted by Gasteiger charge is 2.20. The van der Waals surface area contributed by atoms with Gasteiger partial charge in [0.25, 0.3) is 5.91 Å². The third kappa shape index (κ3) is 4.79. The fraction of sp³-hybridized carbons (Fsp3) is 0.500. The van der Waals surface area contributed by atoms with Gasteiger partial charge in [-0.05, 0) is 52.4 Å². The van der Waals surface area contributed by atoms with E-state index in [1.807, 2.05) is 0 Å². The zero-order chi connectivity index (χ0) is 16.4. The van der Waals surface area contributed by atoms with E-state index in [0.717, 1.165) is 6.42 Å². The van der Waals surface area contributed by atoms with Crippen LogP contribution in [0.3, 0.4) is 0 Å². The van der Waals surface area contributed by atoms with E-state index in [0.29, 0.717) is 16.6 Å². The lowest BCUT2D eigenvalue weighted by Crippen LogP contribution is -2.33. The number of hydrogen-bond donors (Lipinski definition) is 2. The molecule has 0 atom stereocenters. The van der Waals surface area contributed by atoms with Gasteiger partial charge in [0.1, 0.15) is 0 Å². The standard InChI is InChI=1S/C14H21BrN2O3S/c1-5-14(3,4)8-17-13(18)10-6-9(2)12(15)11(7-10)21(16,19)20/h6-7H,5,8H2,1-4H3,(H,17,18)(H2,16,19,20). The molecule has 118 valence electrons. The van der Waals surface area contributed by atoms with Crippen molar-refractivity contribution in [3.63, 3.8) is 0 Å². The number of nitrogens with one attached hydrogen (secondary N) is 1. The highest BCUT2D eigenvalue weighted by atomic mass is 79.9. The van der Waals surface area contributed by atoms with Crippen molar-refractivity contribution in [1.29, 1.82) is 0 Å². The molecule has 0 aliphatic heterocycles. The molecule has 0 aliphatic rings. The van der Waals surface area contributed by atoms with Crippen molar-refractivity contribution in [3.05, 3.63) is 27.7 Å². The van der Waals surface area contributed by atoms with Crippen LogP contribution in [-0.4, -0.2) is 20.9 Å². The molecule has 0 radical (unpaired) electrons. The fourth-order valence-corrected chi connectivity index (χ4v) is 3.23. The zero-order valence-corrected chi connectivity index (χ0v) is 15.1. The van der Waals surface area contributed by atoms with Gasteiger partial charge < -0.3 is 5.32 Å². The molecule has 0 heterocycles. The summed E-state index contributed by atoms with van der Waals surface area (Å²) in [7, 11) is -3.89. The Labute approximate surface area is 134 Å². The number of amides is 1. The summed E-state index contributed by atoms with van der Waals surface area (Å²) in [6.45, 7) is 8.38. The number of hydrogen-bond acceptors (Lipinski definition) is 3. The summed E-state index contributed by atoms with van der Waals surface area (Å²) in [5.74, 6) is -0.308. The Balaban J connectivity index is 3.10. The molecule has 0 fully saturated rings. The van der Waals surface area contributed by atoms with E-state index in [1.54, 1.807) is 13.0 Å². The van der Waals surface area contributed by atoms with E-state index >= 15 is 0 Å². The molecule has 0 saturated carbocycles. The predicted molar refractivity (Wildman–Crippen MR) is 86.7 cm³/mol. The lowest BCUT2D eigenvalue weighted by molar-refractivity contribution is 0.0935. The molecule has 3 N–H and O–H groups in total. The Morgan fingerprint density at radius 1 is 1.38 bits per heavy atom. The summed E-state index contributed by atoms with van der Waals surface area (Å²) >= 11 is 3.19. The maximum atomic E-state index is 12.2. The van der Waals surface area contributed by atoms with Crippen LogP contribution in [0.1, 0.15) is 43.1 Å². The van der Waals surface area contributed by atoms with E-state index < -0.39 is 10.0 Å². The van der Waals surface area contributed by atoms with E-state index in [9.17, 15) is 13.2 Å². The van der Waals surface area contributed by atoms with Crippen molar-refractivity contribution in [2.75, 3.05) is 6.54 Å². The first-order chi connectivity index (χ1) is 9.48. The molecule has 1 aromatic carbocycles. The lowest BCUT2D eigenvalue weighted by Gasteiger charge is -2.23. The minimum Gasteiger partial charge on any atom is -0.352 e. The van der Waals surface area contributed by atoms with Crippen molar-refractivity contribution in [2.24, 2.45) is 10.6 Å². The molecule has 0 bridgehead atoms. The molecule has 5 nitrogen and oxygen atoms in total. The van der Waals surface area contributed by atoms with Crippen LogP contribution in [0, 0.1) is 12.3 Å². The van der Waals surface area contributed by atoms with Crippen molar-refractivity contribution in [1.82, 2.24) is 5.32 Å². The molecule has 1 aromatic rings. The molecule has 0 aromatic heterocycles. The average Bonchev–Trinajstić information content (AvgIpc) is 2.37. The molecule has 0 spiro atoms. The third-order valence-electron chi connectivity index (χ3n) is 3.47. The summed E-state index contributed by atoms with van der Waals surface area (Å²) in [6, 6.07) is 2.92. The molecular formula is C14H21BrN2O3S. The number of primary sulfonamides is 1. The molecule has 7 heteroatoms. The number of benzene rings is 1. The van der Waals surface area contributed by atoms with Crippen molar-refractivity contribution >= 4 is 31.9 Å². The third-order valence-corrected chi connectivity index (χ3v) is 5.72. The second-order valence-corrected chi connectivity index (χ2v) is 8.17. The summed E-state index contributed by atoms with van der Waals surface area (Å²) < 4.78 is 23.5. The van der Waals surface area contributed by atoms with Gasteiger partial charge in [-0.25, -0.2) is 13.6 Å². The van der Waals surface area contributed by atoms with Crippen molar-refractivity contribution < 1.29 is 13.2 Å². The first-order valence-corrected chi connectivity index (χ1v) is 8.93. The number of carbonyl (C=O) groups excluding carboxylic acids is 1. The monoisotopic (exact) mass is 376 g/mol. The van der Waals surface area contributed by atoms with Crippen LogP contribution in [0.4, 0.5) is 0 Å². The smallest absolute Gasteiger partial charge is 0.251 e. The van der Waals surface area contributed by atoms with Gasteiger partial charge in [-0.2, -0.15) is 0 Å². The number of carbonyl (C=O) groups is 1. The van der Waals surface area contributed by atoms with Gasteiger partial charge in [0.2, 0.25) is 10.0 Å². The van der Waals surface area contributed by atoms with Crippen LogP contribution in [0.15, 0.2) is 21.5 Å². The predicted octanol–water partition coefficient (Wildman–Crippen LogP) is 2.57.